The molecule has 3 aromatic rings. The predicted molar refractivity (Wildman–Crippen MR) is 131 cm³/mol. The van der Waals surface area contributed by atoms with Gasteiger partial charge in [0.05, 0.1) is 12.1 Å². The van der Waals surface area contributed by atoms with Crippen molar-refractivity contribution in [1.29, 1.82) is 0 Å². The highest BCUT2D eigenvalue weighted by Gasteiger charge is 2.22. The highest BCUT2D eigenvalue weighted by molar-refractivity contribution is 14.0. The van der Waals surface area contributed by atoms with Gasteiger partial charge in [-0.15, -0.1) is 24.0 Å². The summed E-state index contributed by atoms with van der Waals surface area (Å²) in [6, 6.07) is 19.9. The van der Waals surface area contributed by atoms with E-state index in [0.717, 1.165) is 36.0 Å². The van der Waals surface area contributed by atoms with Crippen LogP contribution in [0.3, 0.4) is 0 Å². The third-order valence-electron chi connectivity index (χ3n) is 4.69. The molecule has 29 heavy (non-hydrogen) atoms. The fourth-order valence-electron chi connectivity index (χ4n) is 3.15. The van der Waals surface area contributed by atoms with Crippen molar-refractivity contribution >= 4 is 40.8 Å². The van der Waals surface area contributed by atoms with Crippen molar-refractivity contribution in [3.05, 3.63) is 78.0 Å². The molecule has 0 bridgehead atoms. The van der Waals surface area contributed by atoms with Crippen LogP contribution in [-0.4, -0.2) is 35.7 Å². The molecular weight excluding hydrogens is 475 g/mol. The first-order chi connectivity index (χ1) is 13.6. The molecule has 0 saturated carbocycles. The van der Waals surface area contributed by atoms with Crippen LogP contribution in [0.2, 0.25) is 0 Å². The number of rotatable bonds is 7. The van der Waals surface area contributed by atoms with Crippen LogP contribution in [0.5, 0.6) is 0 Å². The number of aromatic nitrogens is 1. The van der Waals surface area contributed by atoms with Gasteiger partial charge >= 0.3 is 0 Å². The number of benzene rings is 2. The minimum Gasteiger partial charge on any atom is -0.384 e. The van der Waals surface area contributed by atoms with Crippen LogP contribution in [0.15, 0.2) is 71.9 Å². The zero-order chi connectivity index (χ0) is 19.8. The molecule has 1 aromatic heterocycles. The maximum Gasteiger partial charge on any atom is 0.191 e. The Kier molecular flexibility index (Phi) is 8.85. The number of guanidine groups is 1. The van der Waals surface area contributed by atoms with Gasteiger partial charge in [-0.1, -0.05) is 54.6 Å². The maximum absolute atomic E-state index is 10.8. The number of fused-ring (bicyclic) bond motifs is 1. The van der Waals surface area contributed by atoms with Gasteiger partial charge in [0.2, 0.25) is 0 Å². The van der Waals surface area contributed by atoms with Gasteiger partial charge in [-0.05, 0) is 37.5 Å². The average molecular weight is 504 g/mol. The van der Waals surface area contributed by atoms with Crippen LogP contribution in [0.1, 0.15) is 25.0 Å². The molecule has 3 N–H and O–H groups in total. The SMILES string of the molecule is CCNC(=NCC(C)(O)c1ccccc1)NCCc1cccc2cccnc12.I. The van der Waals surface area contributed by atoms with E-state index < -0.39 is 5.60 Å². The molecule has 0 aliphatic heterocycles. The van der Waals surface area contributed by atoms with E-state index in [9.17, 15) is 5.11 Å². The van der Waals surface area contributed by atoms with Gasteiger partial charge in [0.15, 0.2) is 5.96 Å². The minimum absolute atomic E-state index is 0. The Balaban J connectivity index is 0.00000300. The molecule has 5 nitrogen and oxygen atoms in total. The molecule has 6 heteroatoms. The smallest absolute Gasteiger partial charge is 0.191 e. The number of nitrogens with zero attached hydrogens (tertiary/aromatic N) is 2. The highest BCUT2D eigenvalue weighted by Crippen LogP contribution is 2.20. The van der Waals surface area contributed by atoms with Crippen molar-refractivity contribution in [2.24, 2.45) is 4.99 Å². The first kappa shape index (κ1) is 23.1. The van der Waals surface area contributed by atoms with Gasteiger partial charge in [0, 0.05) is 24.7 Å². The molecule has 0 radical (unpaired) electrons. The molecule has 0 spiro atoms. The number of hydrogen-bond donors (Lipinski definition) is 3. The second kappa shape index (κ2) is 11.1. The first-order valence-corrected chi connectivity index (χ1v) is 9.73. The summed E-state index contributed by atoms with van der Waals surface area (Å²) in [7, 11) is 0. The summed E-state index contributed by atoms with van der Waals surface area (Å²) >= 11 is 0. The van der Waals surface area contributed by atoms with Gasteiger partial charge in [-0.3, -0.25) is 4.98 Å². The summed E-state index contributed by atoms with van der Waals surface area (Å²) in [5.74, 6) is 0.701. The number of para-hydroxylation sites is 1. The summed E-state index contributed by atoms with van der Waals surface area (Å²) in [4.78, 5) is 9.09. The van der Waals surface area contributed by atoms with Gasteiger partial charge in [0.25, 0.3) is 0 Å². The maximum atomic E-state index is 10.8. The molecule has 0 fully saturated rings. The van der Waals surface area contributed by atoms with E-state index >= 15 is 0 Å². The van der Waals surface area contributed by atoms with Crippen molar-refractivity contribution in [2.45, 2.75) is 25.9 Å². The molecule has 1 atom stereocenters. The normalized spacial score (nSPS) is 13.4. The van der Waals surface area contributed by atoms with E-state index in [-0.39, 0.29) is 30.5 Å². The zero-order valence-corrected chi connectivity index (χ0v) is 19.3. The third kappa shape index (κ3) is 6.40. The summed E-state index contributed by atoms with van der Waals surface area (Å²) in [5, 5.41) is 18.5. The van der Waals surface area contributed by atoms with Crippen molar-refractivity contribution in [3.8, 4) is 0 Å². The Hall–Kier alpha value is -2.19. The van der Waals surface area contributed by atoms with Crippen molar-refractivity contribution in [1.82, 2.24) is 15.6 Å². The van der Waals surface area contributed by atoms with Crippen LogP contribution < -0.4 is 10.6 Å². The molecule has 3 rings (SSSR count). The summed E-state index contributed by atoms with van der Waals surface area (Å²) < 4.78 is 0. The van der Waals surface area contributed by atoms with E-state index in [1.165, 1.54) is 5.56 Å². The molecular formula is C23H29IN4O. The fraction of sp³-hybridized carbons (Fsp3) is 0.304. The molecule has 0 amide bonds. The third-order valence-corrected chi connectivity index (χ3v) is 4.69. The predicted octanol–water partition coefficient (Wildman–Crippen LogP) is 3.86. The van der Waals surface area contributed by atoms with Crippen LogP contribution in [-0.2, 0) is 12.0 Å². The molecule has 2 aromatic carbocycles. The van der Waals surface area contributed by atoms with Crippen LogP contribution >= 0.6 is 24.0 Å². The van der Waals surface area contributed by atoms with Crippen LogP contribution in [0.4, 0.5) is 0 Å². The van der Waals surface area contributed by atoms with Gasteiger partial charge in [0.1, 0.15) is 5.60 Å². The van der Waals surface area contributed by atoms with E-state index in [0.29, 0.717) is 5.96 Å². The molecule has 154 valence electrons. The largest absolute Gasteiger partial charge is 0.384 e. The second-order valence-electron chi connectivity index (χ2n) is 7.00. The van der Waals surface area contributed by atoms with E-state index in [1.54, 1.807) is 6.92 Å². The Labute approximate surface area is 189 Å². The number of halogens is 1. The Morgan fingerprint density at radius 1 is 1.03 bits per heavy atom. The number of pyridine rings is 1. The summed E-state index contributed by atoms with van der Waals surface area (Å²) in [6.45, 7) is 5.59. The highest BCUT2D eigenvalue weighted by atomic mass is 127. The molecule has 0 saturated heterocycles. The first-order valence-electron chi connectivity index (χ1n) is 9.73. The molecule has 0 aliphatic carbocycles. The Bertz CT molecular complexity index is 923. The quantitative estimate of drug-likeness (QED) is 0.260. The number of hydrogen-bond acceptors (Lipinski definition) is 3. The topological polar surface area (TPSA) is 69.5 Å². The van der Waals surface area contributed by atoms with Crippen LogP contribution in [0, 0.1) is 0 Å². The number of aliphatic imine (C=N–C) groups is 1. The molecule has 0 aliphatic rings. The number of aliphatic hydroxyl groups is 1. The van der Waals surface area contributed by atoms with E-state index in [4.69, 9.17) is 0 Å². The van der Waals surface area contributed by atoms with Crippen molar-refractivity contribution < 1.29 is 5.11 Å². The van der Waals surface area contributed by atoms with E-state index in [2.05, 4.69) is 44.9 Å². The molecule has 1 unspecified atom stereocenters. The Morgan fingerprint density at radius 2 is 1.79 bits per heavy atom. The lowest BCUT2D eigenvalue weighted by atomic mass is 9.96. The minimum atomic E-state index is -1.01. The standard InChI is InChI=1S/C23H28N4O.HI/c1-3-24-22(27-17-23(2,28)20-12-5-4-6-13-20)26-16-14-19-10-7-9-18-11-8-15-25-21(18)19;/h4-13,15,28H,3,14,16-17H2,1-2H3,(H2,24,26,27);1H. The lowest BCUT2D eigenvalue weighted by Gasteiger charge is -2.22. The van der Waals surface area contributed by atoms with Crippen LogP contribution in [0.25, 0.3) is 10.9 Å². The summed E-state index contributed by atoms with van der Waals surface area (Å²) in [6.07, 6.45) is 2.67. The second-order valence-corrected chi connectivity index (χ2v) is 7.00. The monoisotopic (exact) mass is 504 g/mol. The molecule has 1 heterocycles. The van der Waals surface area contributed by atoms with Gasteiger partial charge in [-0.25, -0.2) is 4.99 Å². The van der Waals surface area contributed by atoms with Gasteiger partial charge in [-0.2, -0.15) is 0 Å². The fourth-order valence-corrected chi connectivity index (χ4v) is 3.15. The lowest BCUT2D eigenvalue weighted by molar-refractivity contribution is 0.0672. The zero-order valence-electron chi connectivity index (χ0n) is 16.9. The van der Waals surface area contributed by atoms with Gasteiger partial charge < -0.3 is 15.7 Å². The summed E-state index contributed by atoms with van der Waals surface area (Å²) in [5.41, 5.74) is 2.10. The van der Waals surface area contributed by atoms with E-state index in [1.807, 2.05) is 49.5 Å². The Morgan fingerprint density at radius 3 is 2.55 bits per heavy atom. The van der Waals surface area contributed by atoms with Crippen molar-refractivity contribution in [2.75, 3.05) is 19.6 Å². The number of nitrogens with one attached hydrogen (secondary N) is 2. The lowest BCUT2D eigenvalue weighted by Crippen LogP contribution is -2.39. The average Bonchev–Trinajstić information content (AvgIpc) is 2.73. The van der Waals surface area contributed by atoms with Crippen molar-refractivity contribution in [3.63, 3.8) is 0 Å².